The van der Waals surface area contributed by atoms with E-state index < -0.39 is 22.9 Å². The molecule has 0 aliphatic rings. The average Bonchev–Trinajstić information content (AvgIpc) is 2.77. The lowest BCUT2D eigenvalue weighted by Crippen LogP contribution is -2.42. The van der Waals surface area contributed by atoms with E-state index in [1.54, 1.807) is 13.2 Å². The Labute approximate surface area is 174 Å². The predicted molar refractivity (Wildman–Crippen MR) is 117 cm³/mol. The van der Waals surface area contributed by atoms with Crippen LogP contribution in [0, 0.1) is 0 Å². The lowest BCUT2D eigenvalue weighted by molar-refractivity contribution is -0.137. The SMILES string of the molecule is CCCNc1c(NC(Cc2cc(OC)ccc2-c2ccccc2)C(=O)O)c(=O)c1=O. The summed E-state index contributed by atoms with van der Waals surface area (Å²) in [5.41, 5.74) is 1.43. The van der Waals surface area contributed by atoms with Crippen molar-refractivity contribution in [3.05, 3.63) is 74.5 Å². The fraction of sp³-hybridized carbons (Fsp3) is 0.261. The summed E-state index contributed by atoms with van der Waals surface area (Å²) in [7, 11) is 1.55. The van der Waals surface area contributed by atoms with Crippen LogP contribution in [0.2, 0.25) is 0 Å². The molecule has 0 aliphatic carbocycles. The van der Waals surface area contributed by atoms with Gasteiger partial charge in [0, 0.05) is 13.0 Å². The fourth-order valence-electron chi connectivity index (χ4n) is 3.31. The molecule has 0 aromatic heterocycles. The van der Waals surface area contributed by atoms with Crippen molar-refractivity contribution in [1.29, 1.82) is 0 Å². The molecule has 3 rings (SSSR count). The molecule has 0 heterocycles. The minimum absolute atomic E-state index is 0.0324. The zero-order chi connectivity index (χ0) is 21.7. The Morgan fingerprint density at radius 3 is 2.40 bits per heavy atom. The Bertz CT molecular complexity index is 1100. The molecule has 156 valence electrons. The number of methoxy groups -OCH3 is 1. The number of carbonyl (C=O) groups is 1. The van der Waals surface area contributed by atoms with Gasteiger partial charge in [0.15, 0.2) is 0 Å². The van der Waals surface area contributed by atoms with Crippen LogP contribution in [0.5, 0.6) is 5.75 Å². The third-order valence-corrected chi connectivity index (χ3v) is 4.90. The van der Waals surface area contributed by atoms with Gasteiger partial charge in [-0.25, -0.2) is 4.79 Å². The summed E-state index contributed by atoms with van der Waals surface area (Å²) < 4.78 is 5.31. The van der Waals surface area contributed by atoms with Crippen molar-refractivity contribution < 1.29 is 14.6 Å². The number of nitrogens with one attached hydrogen (secondary N) is 2. The van der Waals surface area contributed by atoms with E-state index in [1.807, 2.05) is 49.4 Å². The van der Waals surface area contributed by atoms with E-state index in [0.717, 1.165) is 23.1 Å². The second-order valence-electron chi connectivity index (χ2n) is 6.96. The summed E-state index contributed by atoms with van der Waals surface area (Å²) in [4.78, 5) is 35.8. The first-order valence-corrected chi connectivity index (χ1v) is 9.75. The lowest BCUT2D eigenvalue weighted by atomic mass is 9.94. The van der Waals surface area contributed by atoms with E-state index in [1.165, 1.54) is 0 Å². The molecule has 0 saturated heterocycles. The van der Waals surface area contributed by atoms with Crippen molar-refractivity contribution in [3.8, 4) is 16.9 Å². The van der Waals surface area contributed by atoms with Gasteiger partial charge in [-0.1, -0.05) is 43.3 Å². The molecule has 7 heteroatoms. The van der Waals surface area contributed by atoms with Crippen LogP contribution in [0.15, 0.2) is 58.1 Å². The van der Waals surface area contributed by atoms with Crippen molar-refractivity contribution in [3.63, 3.8) is 0 Å². The second-order valence-corrected chi connectivity index (χ2v) is 6.96. The number of carboxylic acids is 1. The number of aliphatic carboxylic acids is 1. The lowest BCUT2D eigenvalue weighted by Gasteiger charge is -2.21. The summed E-state index contributed by atoms with van der Waals surface area (Å²) in [6.07, 6.45) is 0.869. The van der Waals surface area contributed by atoms with Crippen LogP contribution in [0.3, 0.4) is 0 Å². The first-order valence-electron chi connectivity index (χ1n) is 9.75. The van der Waals surface area contributed by atoms with Crippen LogP contribution in [0.4, 0.5) is 11.4 Å². The first-order chi connectivity index (χ1) is 14.5. The molecule has 7 nitrogen and oxygen atoms in total. The van der Waals surface area contributed by atoms with Gasteiger partial charge in [-0.3, -0.25) is 9.59 Å². The Morgan fingerprint density at radius 2 is 1.77 bits per heavy atom. The maximum atomic E-state index is 12.0. The van der Waals surface area contributed by atoms with Crippen LogP contribution >= 0.6 is 0 Å². The minimum atomic E-state index is -1.12. The number of benzene rings is 2. The Kier molecular flexibility index (Phi) is 6.51. The third-order valence-electron chi connectivity index (χ3n) is 4.90. The fourth-order valence-corrected chi connectivity index (χ4v) is 3.31. The summed E-state index contributed by atoms with van der Waals surface area (Å²) in [5, 5.41) is 15.4. The summed E-state index contributed by atoms with van der Waals surface area (Å²) in [5.74, 6) is -0.514. The van der Waals surface area contributed by atoms with Gasteiger partial charge < -0.3 is 20.5 Å². The minimum Gasteiger partial charge on any atom is -0.497 e. The van der Waals surface area contributed by atoms with E-state index in [9.17, 15) is 19.5 Å². The van der Waals surface area contributed by atoms with Gasteiger partial charge in [0.05, 0.1) is 7.11 Å². The molecular formula is C23H24N2O5. The molecule has 0 spiro atoms. The molecule has 0 saturated carbocycles. The maximum absolute atomic E-state index is 12.0. The number of rotatable bonds is 10. The molecule has 0 bridgehead atoms. The largest absolute Gasteiger partial charge is 0.497 e. The van der Waals surface area contributed by atoms with Gasteiger partial charge in [-0.2, -0.15) is 0 Å². The van der Waals surface area contributed by atoms with Gasteiger partial charge in [-0.15, -0.1) is 0 Å². The number of carboxylic acid groups (broad SMARTS) is 1. The summed E-state index contributed by atoms with van der Waals surface area (Å²) >= 11 is 0. The maximum Gasteiger partial charge on any atom is 0.326 e. The van der Waals surface area contributed by atoms with Crippen molar-refractivity contribution in [2.45, 2.75) is 25.8 Å². The molecule has 3 aromatic rings. The molecule has 1 atom stereocenters. The zero-order valence-corrected chi connectivity index (χ0v) is 16.9. The number of hydrogen-bond donors (Lipinski definition) is 3. The summed E-state index contributed by atoms with van der Waals surface area (Å²) in [6, 6.07) is 14.0. The van der Waals surface area contributed by atoms with Crippen LogP contribution in [0.25, 0.3) is 11.1 Å². The van der Waals surface area contributed by atoms with Gasteiger partial charge in [-0.05, 0) is 35.2 Å². The third kappa shape index (κ3) is 4.35. The molecule has 0 aliphatic heterocycles. The molecule has 0 amide bonds. The van der Waals surface area contributed by atoms with Crippen molar-refractivity contribution in [2.75, 3.05) is 24.3 Å². The highest BCUT2D eigenvalue weighted by Crippen LogP contribution is 2.29. The number of hydrogen-bond acceptors (Lipinski definition) is 6. The van der Waals surface area contributed by atoms with E-state index in [0.29, 0.717) is 12.3 Å². The van der Waals surface area contributed by atoms with Crippen LogP contribution in [-0.2, 0) is 11.2 Å². The standard InChI is InChI=1S/C23H24N2O5/c1-3-11-24-19-20(22(27)21(19)26)25-18(23(28)29)13-15-12-16(30-2)9-10-17(15)14-7-5-4-6-8-14/h4-10,12,18,24-25H,3,11,13H2,1-2H3,(H,28,29). The van der Waals surface area contributed by atoms with Crippen LogP contribution < -0.4 is 26.2 Å². The van der Waals surface area contributed by atoms with Gasteiger partial charge in [0.25, 0.3) is 10.9 Å². The second kappa shape index (κ2) is 9.26. The van der Waals surface area contributed by atoms with E-state index in [4.69, 9.17) is 4.74 Å². The highest BCUT2D eigenvalue weighted by atomic mass is 16.5. The normalized spacial score (nSPS) is 11.8. The Morgan fingerprint density at radius 1 is 1.07 bits per heavy atom. The Hall–Kier alpha value is -3.61. The van der Waals surface area contributed by atoms with Gasteiger partial charge in [0.1, 0.15) is 23.2 Å². The highest BCUT2D eigenvalue weighted by Gasteiger charge is 2.27. The highest BCUT2D eigenvalue weighted by molar-refractivity contribution is 5.83. The number of ether oxygens (including phenoxy) is 1. The average molecular weight is 408 g/mol. The molecular weight excluding hydrogens is 384 g/mol. The molecule has 0 fully saturated rings. The van der Waals surface area contributed by atoms with E-state index in [-0.39, 0.29) is 17.8 Å². The van der Waals surface area contributed by atoms with E-state index in [2.05, 4.69) is 10.6 Å². The van der Waals surface area contributed by atoms with Crippen LogP contribution in [-0.4, -0.2) is 30.8 Å². The topological polar surface area (TPSA) is 105 Å². The number of anilines is 2. The van der Waals surface area contributed by atoms with E-state index >= 15 is 0 Å². The Balaban J connectivity index is 1.93. The van der Waals surface area contributed by atoms with Crippen LogP contribution in [0.1, 0.15) is 18.9 Å². The van der Waals surface area contributed by atoms with Gasteiger partial charge in [0.2, 0.25) is 0 Å². The smallest absolute Gasteiger partial charge is 0.326 e. The molecule has 1 unspecified atom stereocenters. The molecule has 0 radical (unpaired) electrons. The predicted octanol–water partition coefficient (Wildman–Crippen LogP) is 2.89. The molecule has 3 aromatic carbocycles. The van der Waals surface area contributed by atoms with Gasteiger partial charge >= 0.3 is 5.97 Å². The van der Waals surface area contributed by atoms with Crippen molar-refractivity contribution in [2.24, 2.45) is 0 Å². The molecule has 3 N–H and O–H groups in total. The van der Waals surface area contributed by atoms with Crippen molar-refractivity contribution >= 4 is 17.3 Å². The summed E-state index contributed by atoms with van der Waals surface area (Å²) in [6.45, 7) is 2.45. The monoisotopic (exact) mass is 408 g/mol. The first kappa shape index (κ1) is 21.1. The molecule has 30 heavy (non-hydrogen) atoms. The zero-order valence-electron chi connectivity index (χ0n) is 16.9. The van der Waals surface area contributed by atoms with Crippen molar-refractivity contribution in [1.82, 2.24) is 0 Å². The quantitative estimate of drug-likeness (QED) is 0.443.